The van der Waals surface area contributed by atoms with E-state index < -0.39 is 0 Å². The van der Waals surface area contributed by atoms with Gasteiger partial charge < -0.3 is 5.32 Å². The maximum Gasteiger partial charge on any atom is 0.126 e. The quantitative estimate of drug-likeness (QED) is 0.866. The van der Waals surface area contributed by atoms with Gasteiger partial charge in [-0.2, -0.15) is 0 Å². The van der Waals surface area contributed by atoms with E-state index in [2.05, 4.69) is 44.3 Å². The van der Waals surface area contributed by atoms with E-state index in [0.717, 1.165) is 12.1 Å². The summed E-state index contributed by atoms with van der Waals surface area (Å²) in [6.07, 6.45) is 0. The molecular formula is C18H22FN. The number of halogens is 1. The highest BCUT2D eigenvalue weighted by atomic mass is 19.1. The molecule has 0 aromatic heterocycles. The first-order chi connectivity index (χ1) is 9.51. The number of rotatable bonds is 4. The van der Waals surface area contributed by atoms with Crippen molar-refractivity contribution in [1.29, 1.82) is 0 Å². The van der Waals surface area contributed by atoms with Gasteiger partial charge in [0.25, 0.3) is 0 Å². The first-order valence-corrected chi connectivity index (χ1v) is 7.09. The van der Waals surface area contributed by atoms with Crippen LogP contribution in [-0.2, 0) is 0 Å². The first kappa shape index (κ1) is 14.7. The van der Waals surface area contributed by atoms with Crippen molar-refractivity contribution in [2.75, 3.05) is 6.54 Å². The van der Waals surface area contributed by atoms with Gasteiger partial charge in [0, 0.05) is 0 Å². The zero-order valence-corrected chi connectivity index (χ0v) is 12.6. The van der Waals surface area contributed by atoms with Crippen LogP contribution >= 0.6 is 0 Å². The third-order valence-electron chi connectivity index (χ3n) is 3.50. The molecule has 0 fully saturated rings. The van der Waals surface area contributed by atoms with Crippen molar-refractivity contribution in [2.24, 2.45) is 0 Å². The lowest BCUT2D eigenvalue weighted by molar-refractivity contribution is 0.606. The topological polar surface area (TPSA) is 12.0 Å². The van der Waals surface area contributed by atoms with Gasteiger partial charge in [-0.1, -0.05) is 48.4 Å². The maximum absolute atomic E-state index is 13.5. The lowest BCUT2D eigenvalue weighted by atomic mass is 9.94. The number of hydrogen-bond donors (Lipinski definition) is 1. The van der Waals surface area contributed by atoms with E-state index in [-0.39, 0.29) is 11.9 Å². The van der Waals surface area contributed by atoms with Gasteiger partial charge in [-0.05, 0) is 50.1 Å². The standard InChI is InChI=1S/C18H22FN/c1-5-20-18(15-6-7-17(19)14(4)11-15)16-9-12(2)8-13(3)10-16/h6-11,18,20H,5H2,1-4H3. The number of hydrogen-bond acceptors (Lipinski definition) is 1. The molecular weight excluding hydrogens is 249 g/mol. The Kier molecular flexibility index (Phi) is 4.56. The third-order valence-corrected chi connectivity index (χ3v) is 3.50. The van der Waals surface area contributed by atoms with Gasteiger partial charge in [-0.15, -0.1) is 0 Å². The average Bonchev–Trinajstić information content (AvgIpc) is 2.38. The fraction of sp³-hybridized carbons (Fsp3) is 0.333. The molecule has 20 heavy (non-hydrogen) atoms. The van der Waals surface area contributed by atoms with Crippen LogP contribution in [0.4, 0.5) is 4.39 Å². The summed E-state index contributed by atoms with van der Waals surface area (Å²) >= 11 is 0. The first-order valence-electron chi connectivity index (χ1n) is 7.09. The van der Waals surface area contributed by atoms with Crippen LogP contribution in [-0.4, -0.2) is 6.54 Å². The summed E-state index contributed by atoms with van der Waals surface area (Å²) in [6, 6.07) is 12.0. The highest BCUT2D eigenvalue weighted by molar-refractivity contribution is 5.38. The van der Waals surface area contributed by atoms with E-state index in [1.165, 1.54) is 16.7 Å². The third kappa shape index (κ3) is 3.26. The smallest absolute Gasteiger partial charge is 0.126 e. The van der Waals surface area contributed by atoms with Crippen molar-refractivity contribution < 1.29 is 4.39 Å². The summed E-state index contributed by atoms with van der Waals surface area (Å²) in [4.78, 5) is 0. The molecule has 0 amide bonds. The molecule has 0 heterocycles. The normalized spacial score (nSPS) is 12.4. The highest BCUT2D eigenvalue weighted by Crippen LogP contribution is 2.25. The second-order valence-corrected chi connectivity index (χ2v) is 5.42. The fourth-order valence-electron chi connectivity index (χ4n) is 2.66. The molecule has 2 heteroatoms. The van der Waals surface area contributed by atoms with Crippen LogP contribution < -0.4 is 5.32 Å². The second-order valence-electron chi connectivity index (χ2n) is 5.42. The van der Waals surface area contributed by atoms with E-state index >= 15 is 0 Å². The lowest BCUT2D eigenvalue weighted by Gasteiger charge is -2.20. The number of nitrogens with one attached hydrogen (secondary N) is 1. The zero-order chi connectivity index (χ0) is 14.7. The van der Waals surface area contributed by atoms with Crippen molar-refractivity contribution in [3.05, 3.63) is 70.0 Å². The van der Waals surface area contributed by atoms with Crippen molar-refractivity contribution in [3.63, 3.8) is 0 Å². The molecule has 0 aliphatic carbocycles. The van der Waals surface area contributed by atoms with Crippen molar-refractivity contribution >= 4 is 0 Å². The minimum absolute atomic E-state index is 0.109. The molecule has 0 radical (unpaired) electrons. The Hall–Kier alpha value is -1.67. The molecule has 0 bridgehead atoms. The maximum atomic E-state index is 13.5. The van der Waals surface area contributed by atoms with Gasteiger partial charge in [0.15, 0.2) is 0 Å². The van der Waals surface area contributed by atoms with Gasteiger partial charge in [0.2, 0.25) is 0 Å². The summed E-state index contributed by atoms with van der Waals surface area (Å²) < 4.78 is 13.5. The minimum atomic E-state index is -0.149. The summed E-state index contributed by atoms with van der Waals surface area (Å²) in [5.41, 5.74) is 5.53. The Morgan fingerprint density at radius 1 is 0.950 bits per heavy atom. The molecule has 106 valence electrons. The van der Waals surface area contributed by atoms with Gasteiger partial charge in [-0.25, -0.2) is 4.39 Å². The van der Waals surface area contributed by atoms with Crippen molar-refractivity contribution in [1.82, 2.24) is 5.32 Å². The lowest BCUT2D eigenvalue weighted by Crippen LogP contribution is -2.22. The molecule has 2 aromatic carbocycles. The van der Waals surface area contributed by atoms with Gasteiger partial charge >= 0.3 is 0 Å². The number of aryl methyl sites for hydroxylation is 3. The zero-order valence-electron chi connectivity index (χ0n) is 12.6. The van der Waals surface area contributed by atoms with Gasteiger partial charge in [-0.3, -0.25) is 0 Å². The van der Waals surface area contributed by atoms with Crippen LogP contribution in [0.2, 0.25) is 0 Å². The van der Waals surface area contributed by atoms with Crippen LogP contribution in [0.15, 0.2) is 36.4 Å². The fourth-order valence-corrected chi connectivity index (χ4v) is 2.66. The summed E-state index contributed by atoms with van der Waals surface area (Å²) in [6.45, 7) is 8.98. The molecule has 1 nitrogen and oxygen atoms in total. The van der Waals surface area contributed by atoms with E-state index in [9.17, 15) is 4.39 Å². The van der Waals surface area contributed by atoms with Crippen LogP contribution in [0, 0.1) is 26.6 Å². The Bertz CT molecular complexity index is 584. The summed E-state index contributed by atoms with van der Waals surface area (Å²) in [5.74, 6) is -0.149. The van der Waals surface area contributed by atoms with Crippen LogP contribution in [0.5, 0.6) is 0 Å². The van der Waals surface area contributed by atoms with Crippen molar-refractivity contribution in [2.45, 2.75) is 33.7 Å². The van der Waals surface area contributed by atoms with E-state index in [0.29, 0.717) is 5.56 Å². The van der Waals surface area contributed by atoms with Crippen LogP contribution in [0.25, 0.3) is 0 Å². The van der Waals surface area contributed by atoms with E-state index in [1.807, 2.05) is 19.1 Å². The Labute approximate surface area is 120 Å². The van der Waals surface area contributed by atoms with Gasteiger partial charge in [0.1, 0.15) is 5.82 Å². The number of benzene rings is 2. The highest BCUT2D eigenvalue weighted by Gasteiger charge is 2.14. The van der Waals surface area contributed by atoms with Crippen LogP contribution in [0.3, 0.4) is 0 Å². The largest absolute Gasteiger partial charge is 0.307 e. The predicted octanol–water partition coefficient (Wildman–Crippen LogP) is 4.45. The molecule has 0 aliphatic heterocycles. The molecule has 2 rings (SSSR count). The molecule has 0 saturated carbocycles. The molecule has 1 atom stereocenters. The molecule has 0 aliphatic rings. The minimum Gasteiger partial charge on any atom is -0.307 e. The molecule has 0 saturated heterocycles. The molecule has 1 N–H and O–H groups in total. The van der Waals surface area contributed by atoms with E-state index in [4.69, 9.17) is 0 Å². The SMILES string of the molecule is CCNC(c1cc(C)cc(C)c1)c1ccc(F)c(C)c1. The second kappa shape index (κ2) is 6.19. The molecule has 1 unspecified atom stereocenters. The van der Waals surface area contributed by atoms with Gasteiger partial charge in [0.05, 0.1) is 6.04 Å². The van der Waals surface area contributed by atoms with E-state index in [1.54, 1.807) is 6.07 Å². The molecule has 0 spiro atoms. The van der Waals surface area contributed by atoms with Crippen molar-refractivity contribution in [3.8, 4) is 0 Å². The predicted molar refractivity (Wildman–Crippen MR) is 82.6 cm³/mol. The van der Waals surface area contributed by atoms with Crippen LogP contribution in [0.1, 0.15) is 40.8 Å². The summed E-state index contributed by atoms with van der Waals surface area (Å²) in [5, 5.41) is 3.49. The average molecular weight is 271 g/mol. The summed E-state index contributed by atoms with van der Waals surface area (Å²) in [7, 11) is 0. The molecule has 2 aromatic rings. The Morgan fingerprint density at radius 2 is 1.60 bits per heavy atom. The monoisotopic (exact) mass is 271 g/mol. The Morgan fingerprint density at radius 3 is 2.15 bits per heavy atom. The Balaban J connectivity index is 2.46.